The summed E-state index contributed by atoms with van der Waals surface area (Å²) < 4.78 is 0.642. The predicted octanol–water partition coefficient (Wildman–Crippen LogP) is 9.13. The fraction of sp³-hybridized carbons (Fsp3) is 0.130. The van der Waals surface area contributed by atoms with Crippen molar-refractivity contribution in [2.24, 2.45) is 5.16 Å². The highest BCUT2D eigenvalue weighted by atomic mass is 32.2. The molecule has 4 N–H and O–H groups in total. The van der Waals surface area contributed by atoms with E-state index in [4.69, 9.17) is 9.99 Å². The Morgan fingerprint density at radius 1 is 0.743 bits per heavy atom. The molecule has 0 aliphatic carbocycles. The molecule has 1 saturated heterocycles. The summed E-state index contributed by atoms with van der Waals surface area (Å²) >= 11 is 5.26. The van der Waals surface area contributed by atoms with E-state index in [0.29, 0.717) is 26.4 Å². The summed E-state index contributed by atoms with van der Waals surface area (Å²) in [5, 5.41) is 31.3. The van der Waals surface area contributed by atoms with Crippen molar-refractivity contribution >= 4 is 70.1 Å². The fourth-order valence-electron chi connectivity index (χ4n) is 8.99. The largest absolute Gasteiger partial charge is 0.477 e. The first-order chi connectivity index (χ1) is 34.3. The van der Waals surface area contributed by atoms with E-state index in [9.17, 15) is 19.8 Å². The van der Waals surface area contributed by atoms with Crippen LogP contribution in [0.25, 0.3) is 0 Å². The first-order valence-electron chi connectivity index (χ1n) is 22.2. The van der Waals surface area contributed by atoms with Crippen LogP contribution in [0.1, 0.15) is 39.1 Å². The second kappa shape index (κ2) is 20.6. The summed E-state index contributed by atoms with van der Waals surface area (Å²) in [6.07, 6.45) is 0. The molecule has 350 valence electrons. The van der Waals surface area contributed by atoms with Crippen molar-refractivity contribution in [2.75, 3.05) is 11.6 Å². The number of aliphatic hydroxyl groups excluding tert-OH is 1. The smallest absolute Gasteiger partial charge is 0.353 e. The molecule has 0 unspecified atom stereocenters. The molecule has 4 heterocycles. The molecule has 2 atom stereocenters. The standard InChI is InChI=1S/C54H44N6O6S4/c61-31-42-52(69-34-55-42)70-44-33-68-50-46(49(63)60(50)47(44)51(64)65)56-48(62)45(57-66-54(39-25-13-4-14-26-39,40-27-15-5-16-28-40)41-29-17-6-18-30-41)43-32-67-35-59(43)58-53(36-19-7-1-8-20-36,37-21-9-2-10-22-37)38-23-11-3-12-24-38/h1-30,32,34,46,50,58,61H,31,33,35H2,(H,56,62)(H,64,65)/b57-45-/t46-,50-/m1/s1. The minimum absolute atomic E-state index is 0.119. The van der Waals surface area contributed by atoms with E-state index in [1.807, 2.05) is 156 Å². The number of nitrogens with one attached hydrogen (secondary N) is 2. The molecule has 10 rings (SSSR count). The fourth-order valence-corrected chi connectivity index (χ4v) is 13.3. The number of hydrogen-bond donors (Lipinski definition) is 4. The number of carboxylic acid groups (broad SMARTS) is 1. The van der Waals surface area contributed by atoms with Crippen LogP contribution in [0.15, 0.2) is 219 Å². The third-order valence-corrected chi connectivity index (χ3v) is 16.7. The Bertz CT molecular complexity index is 2900. The van der Waals surface area contributed by atoms with Crippen LogP contribution in [-0.2, 0) is 37.0 Å². The molecule has 1 aromatic heterocycles. The van der Waals surface area contributed by atoms with Gasteiger partial charge in [0.15, 0.2) is 5.71 Å². The monoisotopic (exact) mass is 1000 g/mol. The maximum atomic E-state index is 15.4. The van der Waals surface area contributed by atoms with Crippen LogP contribution in [-0.4, -0.2) is 71.6 Å². The zero-order valence-electron chi connectivity index (χ0n) is 37.2. The highest BCUT2D eigenvalue weighted by Crippen LogP contribution is 2.47. The van der Waals surface area contributed by atoms with Gasteiger partial charge < -0.3 is 20.4 Å². The number of amides is 2. The number of oxime groups is 1. The van der Waals surface area contributed by atoms with Crippen molar-refractivity contribution in [3.63, 3.8) is 0 Å². The van der Waals surface area contributed by atoms with Gasteiger partial charge in [-0.25, -0.2) is 15.2 Å². The van der Waals surface area contributed by atoms with Crippen molar-refractivity contribution in [2.45, 2.75) is 33.4 Å². The van der Waals surface area contributed by atoms with Gasteiger partial charge in [0.2, 0.25) is 5.60 Å². The second-order valence-corrected chi connectivity index (χ2v) is 20.4. The molecule has 3 aliphatic heterocycles. The van der Waals surface area contributed by atoms with Crippen LogP contribution in [0.2, 0.25) is 0 Å². The number of nitrogens with zero attached hydrogens (tertiary/aromatic N) is 4. The SMILES string of the molecule is O=C(O)C1=C(Sc2scnc2CO)CS[C@@H]2[C@H](NC(=O)/C(=N\OC(c3ccccc3)(c3ccccc3)c3ccccc3)C3=CSCN3NC(c3ccccc3)(c3ccccc3)c3ccccc3)C(=O)N12. The molecule has 0 radical (unpaired) electrons. The minimum Gasteiger partial charge on any atom is -0.477 e. The highest BCUT2D eigenvalue weighted by Gasteiger charge is 2.55. The molecule has 16 heteroatoms. The number of aliphatic hydroxyl groups is 1. The third kappa shape index (κ3) is 8.71. The van der Waals surface area contributed by atoms with Crippen molar-refractivity contribution in [3.8, 4) is 0 Å². The Kier molecular flexibility index (Phi) is 13.8. The molecule has 7 aromatic rings. The Balaban J connectivity index is 1.08. The number of benzene rings is 6. The first kappa shape index (κ1) is 46.8. The molecule has 1 fully saturated rings. The molecule has 0 spiro atoms. The topological polar surface area (TPSA) is 157 Å². The van der Waals surface area contributed by atoms with Gasteiger partial charge in [-0.05, 0) is 16.7 Å². The summed E-state index contributed by atoms with van der Waals surface area (Å²) in [5.41, 5.74) is 8.74. The summed E-state index contributed by atoms with van der Waals surface area (Å²) in [7, 11) is 0. The molecule has 12 nitrogen and oxygen atoms in total. The van der Waals surface area contributed by atoms with E-state index in [1.54, 1.807) is 5.51 Å². The van der Waals surface area contributed by atoms with Crippen LogP contribution in [0, 0.1) is 0 Å². The normalized spacial score (nSPS) is 17.1. The Morgan fingerprint density at radius 3 is 1.70 bits per heavy atom. The summed E-state index contributed by atoms with van der Waals surface area (Å²) in [6.45, 7) is -0.307. The molecule has 0 saturated carbocycles. The summed E-state index contributed by atoms with van der Waals surface area (Å²) in [6, 6.07) is 58.3. The quantitative estimate of drug-likeness (QED) is 0.0298. The van der Waals surface area contributed by atoms with E-state index < -0.39 is 40.3 Å². The number of fused-ring (bicyclic) bond motifs is 1. The third-order valence-electron chi connectivity index (χ3n) is 12.3. The number of thioether (sulfide) groups is 3. The maximum absolute atomic E-state index is 15.4. The summed E-state index contributed by atoms with van der Waals surface area (Å²) in [5.74, 6) is -1.96. The summed E-state index contributed by atoms with van der Waals surface area (Å²) in [4.78, 5) is 55.5. The van der Waals surface area contributed by atoms with Gasteiger partial charge in [0.1, 0.15) is 22.7 Å². The lowest BCUT2D eigenvalue weighted by Gasteiger charge is -2.49. The molecule has 6 aromatic carbocycles. The Labute approximate surface area is 421 Å². The minimum atomic E-state index is -1.37. The lowest BCUT2D eigenvalue weighted by molar-refractivity contribution is -0.150. The van der Waals surface area contributed by atoms with Gasteiger partial charge in [-0.1, -0.05) is 199 Å². The van der Waals surface area contributed by atoms with Crippen molar-refractivity contribution in [3.05, 3.63) is 248 Å². The number of β-lactam (4-membered cyclic amide) rings is 1. The highest BCUT2D eigenvalue weighted by molar-refractivity contribution is 8.07. The molecular formula is C54H44N6O6S4. The van der Waals surface area contributed by atoms with Crippen molar-refractivity contribution in [1.29, 1.82) is 0 Å². The van der Waals surface area contributed by atoms with Gasteiger partial charge in [-0.3, -0.25) is 19.5 Å². The van der Waals surface area contributed by atoms with E-state index in [2.05, 4.69) is 52.1 Å². The molecule has 70 heavy (non-hydrogen) atoms. The Morgan fingerprint density at radius 2 is 1.23 bits per heavy atom. The van der Waals surface area contributed by atoms with Crippen LogP contribution in [0.4, 0.5) is 0 Å². The molecule has 2 amide bonds. The zero-order valence-corrected chi connectivity index (χ0v) is 40.5. The number of hydrazine groups is 1. The van der Waals surface area contributed by atoms with Crippen LogP contribution >= 0.6 is 46.6 Å². The van der Waals surface area contributed by atoms with Crippen LogP contribution in [0.5, 0.6) is 0 Å². The van der Waals surface area contributed by atoms with E-state index in [-0.39, 0.29) is 23.8 Å². The van der Waals surface area contributed by atoms with Gasteiger partial charge in [-0.2, -0.15) is 0 Å². The van der Waals surface area contributed by atoms with Gasteiger partial charge in [-0.15, -0.1) is 34.9 Å². The second-order valence-electron chi connectivity index (χ2n) is 16.3. The van der Waals surface area contributed by atoms with E-state index in [1.165, 1.54) is 51.5 Å². The zero-order chi connectivity index (χ0) is 48.1. The van der Waals surface area contributed by atoms with E-state index >= 15 is 4.79 Å². The average Bonchev–Trinajstić information content (AvgIpc) is 4.08. The maximum Gasteiger partial charge on any atom is 0.353 e. The van der Waals surface area contributed by atoms with Gasteiger partial charge in [0, 0.05) is 32.8 Å². The number of hydrogen-bond acceptors (Lipinski definition) is 13. The molecule has 3 aliphatic rings. The average molecular weight is 1000 g/mol. The lowest BCUT2D eigenvalue weighted by atomic mass is 9.77. The number of aromatic nitrogens is 1. The number of thiazole rings is 1. The molecular weight excluding hydrogens is 957 g/mol. The van der Waals surface area contributed by atoms with Crippen molar-refractivity contribution < 1.29 is 29.4 Å². The number of carboxylic acids is 1. The lowest BCUT2D eigenvalue weighted by Crippen LogP contribution is -2.71. The van der Waals surface area contributed by atoms with Gasteiger partial charge in [0.25, 0.3) is 11.8 Å². The van der Waals surface area contributed by atoms with Crippen LogP contribution < -0.4 is 10.7 Å². The first-order valence-corrected chi connectivity index (χ1v) is 26.0. The Hall–Kier alpha value is -6.92. The van der Waals surface area contributed by atoms with Crippen LogP contribution in [0.3, 0.4) is 0 Å². The van der Waals surface area contributed by atoms with Crippen molar-refractivity contribution in [1.82, 2.24) is 25.6 Å². The number of carbonyl (C=O) groups excluding carboxylic acids is 2. The van der Waals surface area contributed by atoms with Gasteiger partial charge >= 0.3 is 5.97 Å². The predicted molar refractivity (Wildman–Crippen MR) is 276 cm³/mol. The number of carbonyl (C=O) groups is 3. The van der Waals surface area contributed by atoms with Gasteiger partial charge in [0.05, 0.1) is 33.6 Å². The number of aliphatic carboxylic acids is 1. The molecule has 0 bridgehead atoms. The van der Waals surface area contributed by atoms with E-state index in [0.717, 1.165) is 33.4 Å². The number of rotatable bonds is 17.